The lowest BCUT2D eigenvalue weighted by Gasteiger charge is -2.12. The monoisotopic (exact) mass is 257 g/mol. The fourth-order valence-electron chi connectivity index (χ4n) is 1.96. The van der Waals surface area contributed by atoms with Crippen molar-refractivity contribution in [2.75, 3.05) is 11.5 Å². The summed E-state index contributed by atoms with van der Waals surface area (Å²) >= 11 is 0. The molecular formula is C10H11NO5S. The van der Waals surface area contributed by atoms with Gasteiger partial charge in [-0.25, -0.2) is 13.2 Å². The smallest absolute Gasteiger partial charge is 0.341 e. The average Bonchev–Trinajstić information content (AvgIpc) is 2.58. The Morgan fingerprint density at radius 2 is 2.18 bits per heavy atom. The fourth-order valence-corrected chi connectivity index (χ4v) is 3.67. The zero-order chi connectivity index (χ0) is 12.6. The van der Waals surface area contributed by atoms with Gasteiger partial charge in [0.05, 0.1) is 17.5 Å². The summed E-state index contributed by atoms with van der Waals surface area (Å²) in [5.41, 5.74) is -0.987. The van der Waals surface area contributed by atoms with E-state index in [0.29, 0.717) is 6.42 Å². The molecule has 2 rings (SSSR count). The van der Waals surface area contributed by atoms with Crippen LogP contribution in [0.25, 0.3) is 0 Å². The Balaban J connectivity index is 2.45. The van der Waals surface area contributed by atoms with E-state index in [2.05, 4.69) is 0 Å². The summed E-state index contributed by atoms with van der Waals surface area (Å²) in [6, 6.07) is 2.20. The highest BCUT2D eigenvalue weighted by atomic mass is 32.2. The lowest BCUT2D eigenvalue weighted by molar-refractivity contribution is 0.0694. The maximum atomic E-state index is 11.8. The van der Waals surface area contributed by atoms with E-state index >= 15 is 0 Å². The summed E-state index contributed by atoms with van der Waals surface area (Å²) < 4.78 is 23.8. The predicted molar refractivity (Wildman–Crippen MR) is 60.0 cm³/mol. The predicted octanol–water partition coefficient (Wildman–Crippen LogP) is -0.0939. The lowest BCUT2D eigenvalue weighted by atomic mass is 10.2. The molecule has 0 aliphatic carbocycles. The maximum Gasteiger partial charge on any atom is 0.341 e. The molecular weight excluding hydrogens is 246 g/mol. The van der Waals surface area contributed by atoms with Crippen molar-refractivity contribution in [3.05, 3.63) is 34.2 Å². The highest BCUT2D eigenvalue weighted by Gasteiger charge is 2.30. The van der Waals surface area contributed by atoms with Crippen LogP contribution in [0.15, 0.2) is 23.1 Å². The molecule has 2 heterocycles. The second kappa shape index (κ2) is 3.99. The third kappa shape index (κ3) is 2.23. The van der Waals surface area contributed by atoms with Crippen LogP contribution in [0.5, 0.6) is 0 Å². The van der Waals surface area contributed by atoms with Crippen molar-refractivity contribution in [1.29, 1.82) is 0 Å². The molecule has 1 N–H and O–H groups in total. The van der Waals surface area contributed by atoms with E-state index in [1.54, 1.807) is 0 Å². The summed E-state index contributed by atoms with van der Waals surface area (Å²) in [4.78, 5) is 22.6. The van der Waals surface area contributed by atoms with Gasteiger partial charge in [-0.2, -0.15) is 0 Å². The Morgan fingerprint density at radius 1 is 1.47 bits per heavy atom. The van der Waals surface area contributed by atoms with Crippen LogP contribution in [0.3, 0.4) is 0 Å². The van der Waals surface area contributed by atoms with Gasteiger partial charge in [0.25, 0.3) is 5.56 Å². The first-order chi connectivity index (χ1) is 7.91. The molecule has 0 saturated carbocycles. The molecule has 1 saturated heterocycles. The SMILES string of the molecule is O=C(O)c1cccn(C2CCS(=O)(=O)C2)c1=O. The number of carboxylic acid groups (broad SMARTS) is 1. The number of pyridine rings is 1. The van der Waals surface area contributed by atoms with Gasteiger partial charge in [0.15, 0.2) is 9.84 Å². The van der Waals surface area contributed by atoms with Crippen molar-refractivity contribution in [1.82, 2.24) is 4.57 Å². The number of carboxylic acids is 1. The van der Waals surface area contributed by atoms with Crippen molar-refractivity contribution in [3.8, 4) is 0 Å². The largest absolute Gasteiger partial charge is 0.477 e. The van der Waals surface area contributed by atoms with Crippen LogP contribution >= 0.6 is 0 Å². The number of aromatic nitrogens is 1. The quantitative estimate of drug-likeness (QED) is 0.799. The van der Waals surface area contributed by atoms with Gasteiger partial charge >= 0.3 is 5.97 Å². The van der Waals surface area contributed by atoms with Crippen LogP contribution in [0.2, 0.25) is 0 Å². The average molecular weight is 257 g/mol. The van der Waals surface area contributed by atoms with Crippen LogP contribution in [-0.4, -0.2) is 35.6 Å². The van der Waals surface area contributed by atoms with Gasteiger partial charge in [-0.1, -0.05) is 0 Å². The van der Waals surface area contributed by atoms with E-state index < -0.39 is 27.4 Å². The van der Waals surface area contributed by atoms with E-state index in [1.165, 1.54) is 22.9 Å². The van der Waals surface area contributed by atoms with Gasteiger partial charge in [-0.15, -0.1) is 0 Å². The third-order valence-electron chi connectivity index (χ3n) is 2.81. The van der Waals surface area contributed by atoms with E-state index in [0.717, 1.165) is 0 Å². The van der Waals surface area contributed by atoms with Crippen molar-refractivity contribution in [2.45, 2.75) is 12.5 Å². The fraction of sp³-hybridized carbons (Fsp3) is 0.400. The Bertz CT molecular complexity index is 616. The van der Waals surface area contributed by atoms with Crippen LogP contribution in [-0.2, 0) is 9.84 Å². The van der Waals surface area contributed by atoms with Gasteiger partial charge in [0, 0.05) is 6.20 Å². The van der Waals surface area contributed by atoms with Gasteiger partial charge in [0.2, 0.25) is 0 Å². The molecule has 0 aromatic carbocycles. The van der Waals surface area contributed by atoms with E-state index in [9.17, 15) is 18.0 Å². The first-order valence-electron chi connectivity index (χ1n) is 5.05. The van der Waals surface area contributed by atoms with Crippen molar-refractivity contribution in [3.63, 3.8) is 0 Å². The zero-order valence-electron chi connectivity index (χ0n) is 8.87. The second-order valence-electron chi connectivity index (χ2n) is 4.00. The second-order valence-corrected chi connectivity index (χ2v) is 6.23. The van der Waals surface area contributed by atoms with Gasteiger partial charge in [-0.3, -0.25) is 4.79 Å². The lowest BCUT2D eigenvalue weighted by Crippen LogP contribution is -2.29. The van der Waals surface area contributed by atoms with E-state index in [4.69, 9.17) is 5.11 Å². The van der Waals surface area contributed by atoms with Crippen molar-refractivity contribution in [2.24, 2.45) is 0 Å². The van der Waals surface area contributed by atoms with Crippen molar-refractivity contribution < 1.29 is 18.3 Å². The molecule has 1 aliphatic rings. The summed E-state index contributed by atoms with van der Waals surface area (Å²) in [6.07, 6.45) is 1.78. The minimum atomic E-state index is -3.10. The van der Waals surface area contributed by atoms with E-state index in [-0.39, 0.29) is 17.1 Å². The summed E-state index contributed by atoms with van der Waals surface area (Å²) in [7, 11) is -3.10. The molecule has 0 spiro atoms. The topological polar surface area (TPSA) is 93.4 Å². The molecule has 1 fully saturated rings. The van der Waals surface area contributed by atoms with Gasteiger partial charge < -0.3 is 9.67 Å². The number of rotatable bonds is 2. The van der Waals surface area contributed by atoms with Gasteiger partial charge in [-0.05, 0) is 18.6 Å². The zero-order valence-corrected chi connectivity index (χ0v) is 9.68. The molecule has 0 amide bonds. The molecule has 92 valence electrons. The molecule has 1 aromatic rings. The number of carbonyl (C=O) groups is 1. The molecule has 0 bridgehead atoms. The number of nitrogens with zero attached hydrogens (tertiary/aromatic N) is 1. The number of hydrogen-bond donors (Lipinski definition) is 1. The number of aromatic carboxylic acids is 1. The highest BCUT2D eigenvalue weighted by molar-refractivity contribution is 7.91. The standard InChI is InChI=1S/C10H11NO5S/c12-9-8(10(13)14)2-1-4-11(9)7-3-5-17(15,16)6-7/h1-2,4,7H,3,5-6H2,(H,13,14). The summed E-state index contributed by atoms with van der Waals surface area (Å²) in [6.45, 7) is 0. The van der Waals surface area contributed by atoms with Crippen molar-refractivity contribution >= 4 is 15.8 Å². The van der Waals surface area contributed by atoms with Crippen LogP contribution in [0.1, 0.15) is 22.8 Å². The molecule has 7 heteroatoms. The minimum Gasteiger partial charge on any atom is -0.477 e. The van der Waals surface area contributed by atoms with Crippen LogP contribution in [0.4, 0.5) is 0 Å². The Hall–Kier alpha value is -1.63. The summed E-state index contributed by atoms with van der Waals surface area (Å²) in [5, 5.41) is 8.80. The molecule has 1 unspecified atom stereocenters. The first kappa shape index (κ1) is 11.8. The number of hydrogen-bond acceptors (Lipinski definition) is 4. The van der Waals surface area contributed by atoms with E-state index in [1.807, 2.05) is 0 Å². The molecule has 1 aromatic heterocycles. The first-order valence-corrected chi connectivity index (χ1v) is 6.88. The Kier molecular flexibility index (Phi) is 2.78. The third-order valence-corrected chi connectivity index (χ3v) is 4.56. The molecule has 1 aliphatic heterocycles. The molecule has 1 atom stereocenters. The minimum absolute atomic E-state index is 0.0431. The Morgan fingerprint density at radius 3 is 2.71 bits per heavy atom. The maximum absolute atomic E-state index is 11.8. The molecule has 17 heavy (non-hydrogen) atoms. The van der Waals surface area contributed by atoms with Crippen LogP contribution < -0.4 is 5.56 Å². The Labute approximate surface area is 97.4 Å². The molecule has 6 nitrogen and oxygen atoms in total. The van der Waals surface area contributed by atoms with Gasteiger partial charge in [0.1, 0.15) is 5.56 Å². The number of sulfone groups is 1. The molecule has 0 radical (unpaired) electrons. The van der Waals surface area contributed by atoms with Crippen LogP contribution in [0, 0.1) is 0 Å². The highest BCUT2D eigenvalue weighted by Crippen LogP contribution is 2.21. The normalized spacial score (nSPS) is 22.5. The summed E-state index contributed by atoms with van der Waals surface area (Å²) in [5.74, 6) is -1.36.